The van der Waals surface area contributed by atoms with E-state index in [-0.39, 0.29) is 12.2 Å². The van der Waals surface area contributed by atoms with Gasteiger partial charge in [0.2, 0.25) is 0 Å². The molecular weight excluding hydrogens is 340 g/mol. The highest BCUT2D eigenvalue weighted by Gasteiger charge is 2.21. The highest BCUT2D eigenvalue weighted by Crippen LogP contribution is 2.08. The lowest BCUT2D eigenvalue weighted by Gasteiger charge is -2.15. The number of ether oxygens (including phenoxy) is 1. The van der Waals surface area contributed by atoms with Gasteiger partial charge in [0.05, 0.1) is 5.69 Å². The molecule has 0 radical (unpaired) electrons. The van der Waals surface area contributed by atoms with Gasteiger partial charge in [0.15, 0.2) is 4.96 Å². The fourth-order valence-corrected chi connectivity index (χ4v) is 3.07. The van der Waals surface area contributed by atoms with Crippen LogP contribution in [-0.2, 0) is 16.1 Å². The molecule has 0 aromatic carbocycles. The number of hydrogen-bond acceptors (Lipinski definition) is 7. The van der Waals surface area contributed by atoms with Crippen LogP contribution < -0.4 is 16.6 Å². The number of nitrogens with zero attached hydrogens (tertiary/aromatic N) is 2. The number of thioether (sulfide) groups is 1. The number of aromatic nitrogens is 2. The van der Waals surface area contributed by atoms with Crippen molar-refractivity contribution in [2.45, 2.75) is 19.1 Å². The number of amides is 2. The molecule has 0 aliphatic heterocycles. The summed E-state index contributed by atoms with van der Waals surface area (Å²) in [6, 6.07) is -0.290. The molecule has 124 valence electrons. The lowest BCUT2D eigenvalue weighted by Crippen LogP contribution is -2.44. The van der Waals surface area contributed by atoms with E-state index in [9.17, 15) is 14.4 Å². The van der Waals surface area contributed by atoms with Gasteiger partial charge in [0.25, 0.3) is 5.56 Å². The van der Waals surface area contributed by atoms with Crippen molar-refractivity contribution < 1.29 is 14.3 Å². The minimum atomic E-state index is -0.813. The summed E-state index contributed by atoms with van der Waals surface area (Å²) in [4.78, 5) is 39.6. The van der Waals surface area contributed by atoms with Crippen LogP contribution in [0.15, 0.2) is 22.4 Å². The van der Waals surface area contributed by atoms with Gasteiger partial charge in [0.1, 0.15) is 12.6 Å². The zero-order chi connectivity index (χ0) is 16.8. The minimum Gasteiger partial charge on any atom is -0.458 e. The fourth-order valence-electron chi connectivity index (χ4n) is 1.86. The number of carbonyl (C=O) groups is 2. The summed E-state index contributed by atoms with van der Waals surface area (Å²) in [7, 11) is 0. The minimum absolute atomic E-state index is 0.140. The third-order valence-electron chi connectivity index (χ3n) is 2.93. The molecule has 2 rings (SSSR count). The van der Waals surface area contributed by atoms with Gasteiger partial charge < -0.3 is 15.8 Å². The number of hydrogen-bond donors (Lipinski definition) is 2. The maximum Gasteiger partial charge on any atom is 0.329 e. The summed E-state index contributed by atoms with van der Waals surface area (Å²) < 4.78 is 6.55. The van der Waals surface area contributed by atoms with E-state index in [0.717, 1.165) is 0 Å². The van der Waals surface area contributed by atoms with Crippen molar-refractivity contribution in [2.75, 3.05) is 12.0 Å². The van der Waals surface area contributed by atoms with E-state index >= 15 is 0 Å². The van der Waals surface area contributed by atoms with Crippen LogP contribution in [0.5, 0.6) is 0 Å². The Morgan fingerprint density at radius 3 is 3.04 bits per heavy atom. The number of thiazole rings is 1. The fraction of sp³-hybridized carbons (Fsp3) is 0.385. The second-order valence-corrected chi connectivity index (χ2v) is 6.45. The standard InChI is InChI=1S/C13H16N4O4S2/c1-22-4-2-9(16-12(14)20)11(19)21-7-8-6-10(18)17-3-5-23-13(17)15-8/h3,5-6,9H,2,4,7H2,1H3,(H3,14,16,20)/t9-/m1/s1. The van der Waals surface area contributed by atoms with Crippen LogP contribution in [0, 0.1) is 0 Å². The van der Waals surface area contributed by atoms with E-state index in [1.165, 1.54) is 33.6 Å². The number of nitrogens with two attached hydrogens (primary N) is 1. The highest BCUT2D eigenvalue weighted by molar-refractivity contribution is 7.98. The zero-order valence-electron chi connectivity index (χ0n) is 12.4. The van der Waals surface area contributed by atoms with E-state index in [1.807, 2.05) is 6.26 Å². The largest absolute Gasteiger partial charge is 0.458 e. The molecule has 2 aromatic rings. The lowest BCUT2D eigenvalue weighted by molar-refractivity contribution is -0.147. The Bertz CT molecular complexity index is 758. The Hall–Kier alpha value is -2.07. The predicted octanol–water partition coefficient (Wildman–Crippen LogP) is 0.589. The SMILES string of the molecule is CSCC[C@@H](NC(N)=O)C(=O)OCc1cc(=O)n2ccsc2n1. The quantitative estimate of drug-likeness (QED) is 0.702. The van der Waals surface area contributed by atoms with E-state index in [0.29, 0.717) is 22.8 Å². The summed E-state index contributed by atoms with van der Waals surface area (Å²) in [6.07, 6.45) is 3.92. The molecule has 0 fully saturated rings. The summed E-state index contributed by atoms with van der Waals surface area (Å²) in [5.41, 5.74) is 5.18. The van der Waals surface area contributed by atoms with Crippen molar-refractivity contribution in [1.82, 2.24) is 14.7 Å². The Morgan fingerprint density at radius 1 is 1.57 bits per heavy atom. The maximum atomic E-state index is 12.0. The molecule has 2 heterocycles. The van der Waals surface area contributed by atoms with Crippen molar-refractivity contribution in [2.24, 2.45) is 5.73 Å². The second kappa shape index (κ2) is 7.97. The maximum absolute atomic E-state index is 12.0. The molecule has 0 saturated heterocycles. The zero-order valence-corrected chi connectivity index (χ0v) is 14.0. The molecule has 1 atom stereocenters. The van der Waals surface area contributed by atoms with Crippen molar-refractivity contribution in [3.8, 4) is 0 Å². The Balaban J connectivity index is 2.02. The van der Waals surface area contributed by atoms with Crippen LogP contribution in [0.4, 0.5) is 4.79 Å². The molecule has 23 heavy (non-hydrogen) atoms. The van der Waals surface area contributed by atoms with Crippen molar-refractivity contribution in [1.29, 1.82) is 0 Å². The van der Waals surface area contributed by atoms with Crippen LogP contribution in [0.3, 0.4) is 0 Å². The lowest BCUT2D eigenvalue weighted by atomic mass is 10.2. The first kappa shape index (κ1) is 17.3. The van der Waals surface area contributed by atoms with Crippen LogP contribution in [0.25, 0.3) is 4.96 Å². The molecule has 2 amide bonds. The van der Waals surface area contributed by atoms with Gasteiger partial charge in [-0.2, -0.15) is 11.8 Å². The molecule has 2 aromatic heterocycles. The average Bonchev–Trinajstić information content (AvgIpc) is 2.97. The van der Waals surface area contributed by atoms with Crippen LogP contribution in [0.2, 0.25) is 0 Å². The second-order valence-electron chi connectivity index (χ2n) is 4.59. The van der Waals surface area contributed by atoms with E-state index < -0.39 is 18.0 Å². The average molecular weight is 356 g/mol. The van der Waals surface area contributed by atoms with Crippen molar-refractivity contribution in [3.05, 3.63) is 33.7 Å². The number of primary amides is 1. The summed E-state index contributed by atoms with van der Waals surface area (Å²) in [5, 5.41) is 4.10. The van der Waals surface area contributed by atoms with Crippen LogP contribution in [0.1, 0.15) is 12.1 Å². The molecule has 0 aliphatic rings. The number of rotatable bonds is 7. The number of fused-ring (bicyclic) bond motifs is 1. The first-order valence-electron chi connectivity index (χ1n) is 6.68. The summed E-state index contributed by atoms with van der Waals surface area (Å²) >= 11 is 2.85. The topological polar surface area (TPSA) is 116 Å². The van der Waals surface area contributed by atoms with E-state index in [1.54, 1.807) is 11.6 Å². The Labute approximate surface area is 140 Å². The van der Waals surface area contributed by atoms with Gasteiger partial charge in [-0.3, -0.25) is 9.20 Å². The number of urea groups is 1. The molecular formula is C13H16N4O4S2. The molecule has 0 bridgehead atoms. The number of nitrogens with one attached hydrogen (secondary N) is 1. The van der Waals surface area contributed by atoms with Gasteiger partial charge in [-0.25, -0.2) is 14.6 Å². The normalized spacial score (nSPS) is 12.0. The molecule has 10 heteroatoms. The number of esters is 1. The molecule has 0 aliphatic carbocycles. The van der Waals surface area contributed by atoms with Crippen molar-refractivity contribution >= 4 is 40.1 Å². The molecule has 0 saturated carbocycles. The van der Waals surface area contributed by atoms with Crippen molar-refractivity contribution in [3.63, 3.8) is 0 Å². The van der Waals surface area contributed by atoms with Gasteiger partial charge in [0, 0.05) is 17.6 Å². The third-order valence-corrected chi connectivity index (χ3v) is 4.33. The van der Waals surface area contributed by atoms with Crippen LogP contribution >= 0.6 is 23.1 Å². The number of carbonyl (C=O) groups excluding carboxylic acids is 2. The third kappa shape index (κ3) is 4.70. The van der Waals surface area contributed by atoms with Gasteiger partial charge in [-0.15, -0.1) is 11.3 Å². The first-order chi connectivity index (χ1) is 11.0. The van der Waals surface area contributed by atoms with E-state index in [4.69, 9.17) is 10.5 Å². The molecule has 3 N–H and O–H groups in total. The van der Waals surface area contributed by atoms with Gasteiger partial charge in [-0.05, 0) is 18.4 Å². The monoisotopic (exact) mass is 356 g/mol. The van der Waals surface area contributed by atoms with E-state index in [2.05, 4.69) is 10.3 Å². The van der Waals surface area contributed by atoms with Gasteiger partial charge >= 0.3 is 12.0 Å². The summed E-state index contributed by atoms with van der Waals surface area (Å²) in [5.74, 6) is 0.0619. The predicted molar refractivity (Wildman–Crippen MR) is 88.6 cm³/mol. The summed E-state index contributed by atoms with van der Waals surface area (Å²) in [6.45, 7) is -0.140. The molecule has 0 spiro atoms. The smallest absolute Gasteiger partial charge is 0.329 e. The molecule has 8 nitrogen and oxygen atoms in total. The Kier molecular flexibility index (Phi) is 5.99. The van der Waals surface area contributed by atoms with Gasteiger partial charge in [-0.1, -0.05) is 0 Å². The molecule has 0 unspecified atom stereocenters. The highest BCUT2D eigenvalue weighted by atomic mass is 32.2. The Morgan fingerprint density at radius 2 is 2.35 bits per heavy atom. The first-order valence-corrected chi connectivity index (χ1v) is 8.96. The van der Waals surface area contributed by atoms with Crippen LogP contribution in [-0.4, -0.2) is 39.4 Å².